The molecule has 0 spiro atoms. The first-order valence-electron chi connectivity index (χ1n) is 14.4. The standard InChI is InChI=1S/C35H38N2O5/c38-23-31(27-17-9-3-10-18-27)36-29(21-25-13-5-1-6-14-25)33(40)34(41)30(22-26-15-7-2-8-16-26)37(35(36)42)32(24-39)28-19-11-4-12-20-28/h1-20,29-34,38-41H,21-24H2. The number of amides is 2. The molecule has 1 saturated heterocycles. The van der Waals surface area contributed by atoms with Crippen LogP contribution in [-0.2, 0) is 12.8 Å². The SMILES string of the molecule is O=C1N(C(CO)c2ccccc2)C(Cc2ccccc2)C(O)C(O)C(Cc2ccccc2)N1C(CO)c1ccccc1. The van der Waals surface area contributed by atoms with Crippen molar-refractivity contribution in [1.29, 1.82) is 0 Å². The minimum Gasteiger partial charge on any atom is -0.394 e. The number of aliphatic hydroxyl groups excluding tert-OH is 4. The van der Waals surface area contributed by atoms with Crippen molar-refractivity contribution < 1.29 is 25.2 Å². The largest absolute Gasteiger partial charge is 0.394 e. The summed E-state index contributed by atoms with van der Waals surface area (Å²) in [7, 11) is 0. The van der Waals surface area contributed by atoms with E-state index < -0.39 is 55.6 Å². The Labute approximate surface area is 246 Å². The Kier molecular flexibility index (Phi) is 9.66. The van der Waals surface area contributed by atoms with E-state index in [-0.39, 0.29) is 12.8 Å². The highest BCUT2D eigenvalue weighted by atomic mass is 16.3. The number of hydrogen-bond donors (Lipinski definition) is 4. The Bertz CT molecular complexity index is 1280. The fourth-order valence-electron chi connectivity index (χ4n) is 6.14. The van der Waals surface area contributed by atoms with Crippen LogP contribution < -0.4 is 0 Å². The molecule has 0 bridgehead atoms. The number of carbonyl (C=O) groups excluding carboxylic acids is 1. The van der Waals surface area contributed by atoms with Crippen LogP contribution in [0.25, 0.3) is 0 Å². The lowest BCUT2D eigenvalue weighted by atomic mass is 9.89. The third-order valence-electron chi connectivity index (χ3n) is 8.26. The first-order valence-corrected chi connectivity index (χ1v) is 14.4. The van der Waals surface area contributed by atoms with Crippen LogP contribution in [-0.4, -0.2) is 73.8 Å². The molecule has 7 heteroatoms. The lowest BCUT2D eigenvalue weighted by molar-refractivity contribution is -0.0500. The van der Waals surface area contributed by atoms with Gasteiger partial charge in [0.1, 0.15) is 12.2 Å². The second-order valence-electron chi connectivity index (χ2n) is 10.8. The molecule has 4 aromatic carbocycles. The molecule has 6 atom stereocenters. The van der Waals surface area contributed by atoms with Gasteiger partial charge in [-0.3, -0.25) is 0 Å². The molecule has 5 rings (SSSR count). The van der Waals surface area contributed by atoms with E-state index in [2.05, 4.69) is 0 Å². The lowest BCUT2D eigenvalue weighted by Gasteiger charge is -2.42. The van der Waals surface area contributed by atoms with Crippen molar-refractivity contribution in [2.75, 3.05) is 13.2 Å². The minimum atomic E-state index is -1.35. The van der Waals surface area contributed by atoms with Crippen molar-refractivity contribution in [1.82, 2.24) is 9.80 Å². The Morgan fingerprint density at radius 3 is 1.14 bits per heavy atom. The summed E-state index contributed by atoms with van der Waals surface area (Å²) in [5, 5.41) is 45.4. The topological polar surface area (TPSA) is 104 Å². The van der Waals surface area contributed by atoms with E-state index in [4.69, 9.17) is 0 Å². The summed E-state index contributed by atoms with van der Waals surface area (Å²) in [4.78, 5) is 18.0. The highest BCUT2D eigenvalue weighted by molar-refractivity contribution is 5.77. The van der Waals surface area contributed by atoms with Gasteiger partial charge in [-0.2, -0.15) is 0 Å². The van der Waals surface area contributed by atoms with E-state index in [1.807, 2.05) is 121 Å². The number of aliphatic hydroxyl groups is 4. The third-order valence-corrected chi connectivity index (χ3v) is 8.26. The predicted molar refractivity (Wildman–Crippen MR) is 161 cm³/mol. The zero-order valence-corrected chi connectivity index (χ0v) is 23.4. The molecule has 42 heavy (non-hydrogen) atoms. The molecular formula is C35H38N2O5. The maximum Gasteiger partial charge on any atom is 0.321 e. The van der Waals surface area contributed by atoms with Gasteiger partial charge in [-0.05, 0) is 35.1 Å². The smallest absolute Gasteiger partial charge is 0.321 e. The molecule has 0 aliphatic carbocycles. The number of nitrogens with zero attached hydrogens (tertiary/aromatic N) is 2. The van der Waals surface area contributed by atoms with E-state index in [0.717, 1.165) is 11.1 Å². The van der Waals surface area contributed by atoms with Gasteiger partial charge in [0.15, 0.2) is 0 Å². The molecule has 218 valence electrons. The number of benzene rings is 4. The van der Waals surface area contributed by atoms with Crippen LogP contribution in [0.5, 0.6) is 0 Å². The van der Waals surface area contributed by atoms with Gasteiger partial charge < -0.3 is 30.2 Å². The quantitative estimate of drug-likeness (QED) is 0.231. The van der Waals surface area contributed by atoms with Crippen LogP contribution in [0.2, 0.25) is 0 Å². The normalized spacial score (nSPS) is 22.4. The van der Waals surface area contributed by atoms with Crippen LogP contribution in [0, 0.1) is 0 Å². The maximum atomic E-state index is 15.0. The van der Waals surface area contributed by atoms with Crippen LogP contribution >= 0.6 is 0 Å². The summed E-state index contributed by atoms with van der Waals surface area (Å²) in [6, 6.07) is 33.7. The van der Waals surface area contributed by atoms with Crippen LogP contribution in [0.1, 0.15) is 34.3 Å². The highest BCUT2D eigenvalue weighted by Gasteiger charge is 2.50. The Balaban J connectivity index is 1.69. The molecule has 4 aromatic rings. The first-order chi connectivity index (χ1) is 20.5. The Morgan fingerprint density at radius 1 is 0.524 bits per heavy atom. The van der Waals surface area contributed by atoms with E-state index in [1.54, 1.807) is 0 Å². The van der Waals surface area contributed by atoms with Gasteiger partial charge in [0, 0.05) is 0 Å². The van der Waals surface area contributed by atoms with Gasteiger partial charge in [-0.15, -0.1) is 0 Å². The van der Waals surface area contributed by atoms with Gasteiger partial charge in [0.05, 0.1) is 37.4 Å². The van der Waals surface area contributed by atoms with Crippen molar-refractivity contribution in [3.63, 3.8) is 0 Å². The van der Waals surface area contributed by atoms with Crippen molar-refractivity contribution in [3.05, 3.63) is 144 Å². The summed E-state index contributed by atoms with van der Waals surface area (Å²) < 4.78 is 0. The maximum absolute atomic E-state index is 15.0. The zero-order chi connectivity index (χ0) is 29.5. The summed E-state index contributed by atoms with van der Waals surface area (Å²) in [5.74, 6) is 0. The molecule has 0 aromatic heterocycles. The van der Waals surface area contributed by atoms with Gasteiger partial charge in [0.25, 0.3) is 0 Å². The monoisotopic (exact) mass is 566 g/mol. The molecule has 1 heterocycles. The summed E-state index contributed by atoms with van der Waals surface area (Å²) in [5.41, 5.74) is 3.17. The molecule has 4 N–H and O–H groups in total. The third kappa shape index (κ3) is 6.25. The highest BCUT2D eigenvalue weighted by Crippen LogP contribution is 2.37. The van der Waals surface area contributed by atoms with E-state index >= 15 is 0 Å². The van der Waals surface area contributed by atoms with Crippen molar-refractivity contribution in [3.8, 4) is 0 Å². The zero-order valence-electron chi connectivity index (χ0n) is 23.4. The number of hydrogen-bond acceptors (Lipinski definition) is 5. The van der Waals surface area contributed by atoms with Crippen LogP contribution in [0.4, 0.5) is 4.79 Å². The second kappa shape index (κ2) is 13.8. The number of urea groups is 1. The van der Waals surface area contributed by atoms with E-state index in [9.17, 15) is 25.2 Å². The van der Waals surface area contributed by atoms with Crippen molar-refractivity contribution >= 4 is 6.03 Å². The minimum absolute atomic E-state index is 0.259. The molecule has 6 unspecified atom stereocenters. The van der Waals surface area contributed by atoms with Crippen molar-refractivity contribution in [2.24, 2.45) is 0 Å². The number of rotatable bonds is 10. The second-order valence-corrected chi connectivity index (χ2v) is 10.8. The first kappa shape index (κ1) is 29.5. The predicted octanol–water partition coefficient (Wildman–Crippen LogP) is 4.14. The van der Waals surface area contributed by atoms with Gasteiger partial charge >= 0.3 is 6.03 Å². The van der Waals surface area contributed by atoms with E-state index in [0.29, 0.717) is 11.1 Å². The van der Waals surface area contributed by atoms with Gasteiger partial charge in [-0.25, -0.2) is 4.79 Å². The molecule has 1 aliphatic heterocycles. The Hall–Kier alpha value is -4.01. The average Bonchev–Trinajstić information content (AvgIpc) is 3.11. The van der Waals surface area contributed by atoms with Crippen LogP contribution in [0.15, 0.2) is 121 Å². The molecule has 0 saturated carbocycles. The van der Waals surface area contributed by atoms with Crippen LogP contribution in [0.3, 0.4) is 0 Å². The molecule has 1 fully saturated rings. The molecule has 1 aliphatic rings. The lowest BCUT2D eigenvalue weighted by Crippen LogP contribution is -2.54. The average molecular weight is 567 g/mol. The van der Waals surface area contributed by atoms with Gasteiger partial charge in [-0.1, -0.05) is 121 Å². The van der Waals surface area contributed by atoms with E-state index in [1.165, 1.54) is 9.80 Å². The Morgan fingerprint density at radius 2 is 0.833 bits per heavy atom. The summed E-state index contributed by atoms with van der Waals surface area (Å²) in [6.07, 6.45) is -2.17. The molecule has 0 radical (unpaired) electrons. The fourth-order valence-corrected chi connectivity index (χ4v) is 6.14. The summed E-state index contributed by atoms with van der Waals surface area (Å²) in [6.45, 7) is -0.785. The summed E-state index contributed by atoms with van der Waals surface area (Å²) >= 11 is 0. The molecule has 2 amide bonds. The molecule has 7 nitrogen and oxygen atoms in total. The van der Waals surface area contributed by atoms with Gasteiger partial charge in [0.2, 0.25) is 0 Å². The number of carbonyl (C=O) groups is 1. The molecular weight excluding hydrogens is 528 g/mol. The fraction of sp³-hybridized carbons (Fsp3) is 0.286. The van der Waals surface area contributed by atoms with Crippen molar-refractivity contribution in [2.45, 2.75) is 49.2 Å².